The van der Waals surface area contributed by atoms with Crippen molar-refractivity contribution in [3.8, 4) is 0 Å². The van der Waals surface area contributed by atoms with E-state index in [1.54, 1.807) is 0 Å². The van der Waals surface area contributed by atoms with E-state index in [9.17, 15) is 0 Å². The molecule has 0 aliphatic heterocycles. The third-order valence-corrected chi connectivity index (χ3v) is 3.91. The molecule has 1 heteroatoms. The standard InChI is InChI=1S/C17H27N/c1-3-12-18-17(11-10-15-8-9-15)13-16-6-4-14(2)5-7-16/h4-7,15,17-18H,3,8-13H2,1-2H3. The second-order valence-corrected chi connectivity index (χ2v) is 5.86. The third-order valence-electron chi connectivity index (χ3n) is 3.91. The van der Waals surface area contributed by atoms with Gasteiger partial charge >= 0.3 is 0 Å². The van der Waals surface area contributed by atoms with E-state index in [-0.39, 0.29) is 0 Å². The summed E-state index contributed by atoms with van der Waals surface area (Å²) in [5.74, 6) is 1.05. The molecule has 2 rings (SSSR count). The second-order valence-electron chi connectivity index (χ2n) is 5.86. The molecule has 1 saturated carbocycles. The first kappa shape index (κ1) is 13.6. The van der Waals surface area contributed by atoms with Gasteiger partial charge in [-0.2, -0.15) is 0 Å². The molecule has 18 heavy (non-hydrogen) atoms. The molecule has 0 spiro atoms. The number of nitrogens with one attached hydrogen (secondary N) is 1. The molecule has 1 nitrogen and oxygen atoms in total. The van der Waals surface area contributed by atoms with E-state index in [0.717, 1.165) is 12.5 Å². The first-order chi connectivity index (χ1) is 8.78. The molecule has 0 bridgehead atoms. The first-order valence-electron chi connectivity index (χ1n) is 7.57. The predicted molar refractivity (Wildman–Crippen MR) is 78.9 cm³/mol. The van der Waals surface area contributed by atoms with Crippen molar-refractivity contribution >= 4 is 0 Å². The van der Waals surface area contributed by atoms with Crippen molar-refractivity contribution < 1.29 is 0 Å². The van der Waals surface area contributed by atoms with Crippen molar-refractivity contribution in [3.63, 3.8) is 0 Å². The van der Waals surface area contributed by atoms with Gasteiger partial charge < -0.3 is 5.32 Å². The maximum Gasteiger partial charge on any atom is 0.0108 e. The van der Waals surface area contributed by atoms with Gasteiger partial charge in [0, 0.05) is 6.04 Å². The van der Waals surface area contributed by atoms with Crippen LogP contribution in [0.1, 0.15) is 50.2 Å². The molecule has 1 aliphatic rings. The maximum atomic E-state index is 3.72. The van der Waals surface area contributed by atoms with E-state index in [0.29, 0.717) is 6.04 Å². The van der Waals surface area contributed by atoms with Crippen LogP contribution in [0.3, 0.4) is 0 Å². The summed E-state index contributed by atoms with van der Waals surface area (Å²) in [4.78, 5) is 0. The Kier molecular flexibility index (Phi) is 5.25. The second kappa shape index (κ2) is 6.94. The Hall–Kier alpha value is -0.820. The Bertz CT molecular complexity index is 337. The lowest BCUT2D eigenvalue weighted by molar-refractivity contribution is 0.452. The topological polar surface area (TPSA) is 12.0 Å². The highest BCUT2D eigenvalue weighted by molar-refractivity contribution is 5.22. The van der Waals surface area contributed by atoms with Gasteiger partial charge in [0.05, 0.1) is 0 Å². The quantitative estimate of drug-likeness (QED) is 0.727. The van der Waals surface area contributed by atoms with Gasteiger partial charge in [-0.15, -0.1) is 0 Å². The predicted octanol–water partition coefficient (Wildman–Crippen LogP) is 4.10. The van der Waals surface area contributed by atoms with Gasteiger partial charge in [-0.3, -0.25) is 0 Å². The summed E-state index contributed by atoms with van der Waals surface area (Å²) in [6.07, 6.45) is 8.14. The normalized spacial score (nSPS) is 16.8. The summed E-state index contributed by atoms with van der Waals surface area (Å²) >= 11 is 0. The molecule has 100 valence electrons. The lowest BCUT2D eigenvalue weighted by Crippen LogP contribution is -2.31. The van der Waals surface area contributed by atoms with Crippen LogP contribution in [0, 0.1) is 12.8 Å². The summed E-state index contributed by atoms with van der Waals surface area (Å²) < 4.78 is 0. The van der Waals surface area contributed by atoms with E-state index in [1.807, 2.05) is 0 Å². The molecule has 1 aromatic carbocycles. The average Bonchev–Trinajstić information content (AvgIpc) is 3.19. The molecule has 1 aliphatic carbocycles. The Morgan fingerprint density at radius 3 is 2.56 bits per heavy atom. The summed E-state index contributed by atoms with van der Waals surface area (Å²) in [7, 11) is 0. The Balaban J connectivity index is 1.83. The minimum atomic E-state index is 0.674. The Morgan fingerprint density at radius 1 is 1.22 bits per heavy atom. The fourth-order valence-corrected chi connectivity index (χ4v) is 2.48. The van der Waals surface area contributed by atoms with Gasteiger partial charge in [-0.25, -0.2) is 0 Å². The monoisotopic (exact) mass is 245 g/mol. The SMILES string of the molecule is CCCNC(CCC1CC1)Cc1ccc(C)cc1. The largest absolute Gasteiger partial charge is 0.314 e. The number of hydrogen-bond donors (Lipinski definition) is 1. The van der Waals surface area contributed by atoms with Gasteiger partial charge in [0.25, 0.3) is 0 Å². The zero-order valence-electron chi connectivity index (χ0n) is 11.9. The number of benzene rings is 1. The van der Waals surface area contributed by atoms with E-state index in [1.165, 1.54) is 49.7 Å². The van der Waals surface area contributed by atoms with Crippen LogP contribution >= 0.6 is 0 Å². The van der Waals surface area contributed by atoms with Gasteiger partial charge in [0.15, 0.2) is 0 Å². The fourth-order valence-electron chi connectivity index (χ4n) is 2.48. The maximum absolute atomic E-state index is 3.72. The van der Waals surface area contributed by atoms with Crippen molar-refractivity contribution in [1.82, 2.24) is 5.32 Å². The first-order valence-corrected chi connectivity index (χ1v) is 7.57. The van der Waals surface area contributed by atoms with Crippen molar-refractivity contribution in [1.29, 1.82) is 0 Å². The Morgan fingerprint density at radius 2 is 1.94 bits per heavy atom. The van der Waals surface area contributed by atoms with Crippen molar-refractivity contribution in [2.75, 3.05) is 6.54 Å². The van der Waals surface area contributed by atoms with E-state index in [4.69, 9.17) is 0 Å². The van der Waals surface area contributed by atoms with Crippen LogP contribution in [-0.2, 0) is 6.42 Å². The summed E-state index contributed by atoms with van der Waals surface area (Å²) in [5.41, 5.74) is 2.83. The fraction of sp³-hybridized carbons (Fsp3) is 0.647. The van der Waals surface area contributed by atoms with Crippen molar-refractivity contribution in [2.24, 2.45) is 5.92 Å². The van der Waals surface area contributed by atoms with Crippen molar-refractivity contribution in [3.05, 3.63) is 35.4 Å². The molecular formula is C17H27N. The molecule has 0 amide bonds. The minimum absolute atomic E-state index is 0.674. The van der Waals surface area contributed by atoms with Crippen LogP contribution in [0.15, 0.2) is 24.3 Å². The number of hydrogen-bond acceptors (Lipinski definition) is 1. The summed E-state index contributed by atoms with van der Waals surface area (Å²) in [5, 5.41) is 3.72. The van der Waals surface area contributed by atoms with Crippen LogP contribution in [0.5, 0.6) is 0 Å². The number of aryl methyl sites for hydroxylation is 1. The lowest BCUT2D eigenvalue weighted by atomic mass is 9.99. The smallest absolute Gasteiger partial charge is 0.0108 e. The van der Waals surface area contributed by atoms with E-state index < -0.39 is 0 Å². The zero-order chi connectivity index (χ0) is 12.8. The Labute approximate surface area is 112 Å². The van der Waals surface area contributed by atoms with Gasteiger partial charge in [0.2, 0.25) is 0 Å². The van der Waals surface area contributed by atoms with E-state index in [2.05, 4.69) is 43.4 Å². The van der Waals surface area contributed by atoms with Crippen molar-refractivity contribution in [2.45, 2.75) is 58.4 Å². The van der Waals surface area contributed by atoms with Gasteiger partial charge in [0.1, 0.15) is 0 Å². The zero-order valence-corrected chi connectivity index (χ0v) is 11.9. The molecule has 1 unspecified atom stereocenters. The molecular weight excluding hydrogens is 218 g/mol. The third kappa shape index (κ3) is 4.81. The summed E-state index contributed by atoms with van der Waals surface area (Å²) in [6.45, 7) is 5.56. The molecule has 1 fully saturated rings. The van der Waals surface area contributed by atoms with E-state index >= 15 is 0 Å². The molecule has 1 N–H and O–H groups in total. The van der Waals surface area contributed by atoms with Crippen LogP contribution in [0.4, 0.5) is 0 Å². The molecule has 0 heterocycles. The van der Waals surface area contributed by atoms with Gasteiger partial charge in [-0.05, 0) is 50.6 Å². The van der Waals surface area contributed by atoms with Crippen LogP contribution in [-0.4, -0.2) is 12.6 Å². The lowest BCUT2D eigenvalue weighted by Gasteiger charge is -2.18. The highest BCUT2D eigenvalue weighted by Crippen LogP contribution is 2.34. The molecule has 1 atom stereocenters. The van der Waals surface area contributed by atoms with Crippen LogP contribution in [0.2, 0.25) is 0 Å². The molecule has 1 aromatic rings. The average molecular weight is 245 g/mol. The van der Waals surface area contributed by atoms with Crippen LogP contribution in [0.25, 0.3) is 0 Å². The molecule has 0 aromatic heterocycles. The highest BCUT2D eigenvalue weighted by Gasteiger charge is 2.22. The van der Waals surface area contributed by atoms with Crippen LogP contribution < -0.4 is 5.32 Å². The minimum Gasteiger partial charge on any atom is -0.314 e. The highest BCUT2D eigenvalue weighted by atomic mass is 14.9. The molecule has 0 radical (unpaired) electrons. The molecule has 0 saturated heterocycles. The van der Waals surface area contributed by atoms with Gasteiger partial charge in [-0.1, -0.05) is 49.6 Å². The summed E-state index contributed by atoms with van der Waals surface area (Å²) in [6, 6.07) is 9.70. The number of rotatable bonds is 8.